The Hall–Kier alpha value is -3.21. The maximum absolute atomic E-state index is 12.6. The Labute approximate surface area is 164 Å². The lowest BCUT2D eigenvalue weighted by Gasteiger charge is -2.09. The van der Waals surface area contributed by atoms with Gasteiger partial charge >= 0.3 is 6.18 Å². The molecule has 0 aliphatic carbocycles. The van der Waals surface area contributed by atoms with E-state index in [0.29, 0.717) is 31.2 Å². The lowest BCUT2D eigenvalue weighted by atomic mass is 10.1. The van der Waals surface area contributed by atoms with E-state index in [2.05, 4.69) is 25.7 Å². The van der Waals surface area contributed by atoms with Crippen molar-refractivity contribution in [1.29, 1.82) is 0 Å². The molecular formula is C18H19F3N6O2. The zero-order chi connectivity index (χ0) is 20.9. The lowest BCUT2D eigenvalue weighted by Crippen LogP contribution is -2.27. The summed E-state index contributed by atoms with van der Waals surface area (Å²) in [5.41, 5.74) is -0.0503. The highest BCUT2D eigenvalue weighted by Crippen LogP contribution is 2.29. The van der Waals surface area contributed by atoms with Crippen LogP contribution >= 0.6 is 0 Å². The van der Waals surface area contributed by atoms with E-state index >= 15 is 0 Å². The minimum absolute atomic E-state index is 0.148. The molecular weight excluding hydrogens is 389 g/mol. The summed E-state index contributed by atoms with van der Waals surface area (Å²) in [6, 6.07) is 4.05. The molecule has 154 valence electrons. The first kappa shape index (κ1) is 20.5. The number of nitrogens with zero attached hydrogens (tertiary/aromatic N) is 4. The van der Waals surface area contributed by atoms with Gasteiger partial charge in [-0.05, 0) is 24.3 Å². The number of benzene rings is 1. The van der Waals surface area contributed by atoms with Crippen LogP contribution in [0.2, 0.25) is 0 Å². The third kappa shape index (κ3) is 4.99. The zero-order valence-corrected chi connectivity index (χ0v) is 15.5. The van der Waals surface area contributed by atoms with Gasteiger partial charge in [-0.25, -0.2) is 14.6 Å². The quantitative estimate of drug-likeness (QED) is 0.556. The molecule has 0 fully saturated rings. The Kier molecular flexibility index (Phi) is 6.27. The number of amides is 1. The van der Waals surface area contributed by atoms with Gasteiger partial charge in [-0.3, -0.25) is 4.79 Å². The third-order valence-electron chi connectivity index (χ3n) is 4.12. The molecule has 8 nitrogen and oxygen atoms in total. The van der Waals surface area contributed by atoms with Gasteiger partial charge in [0, 0.05) is 25.8 Å². The lowest BCUT2D eigenvalue weighted by molar-refractivity contribution is -0.137. The number of hydrogen-bond donors (Lipinski definition) is 2. The number of rotatable bonds is 8. The molecule has 2 aromatic heterocycles. The molecule has 0 radical (unpaired) electrons. The average molecular weight is 408 g/mol. The van der Waals surface area contributed by atoms with E-state index in [1.807, 2.05) is 0 Å². The van der Waals surface area contributed by atoms with E-state index in [1.165, 1.54) is 6.33 Å². The van der Waals surface area contributed by atoms with Crippen molar-refractivity contribution in [1.82, 2.24) is 25.1 Å². The summed E-state index contributed by atoms with van der Waals surface area (Å²) in [4.78, 5) is 20.5. The van der Waals surface area contributed by atoms with Crippen LogP contribution in [0.4, 0.5) is 19.0 Å². The van der Waals surface area contributed by atoms with Crippen molar-refractivity contribution >= 4 is 22.8 Å². The first-order valence-corrected chi connectivity index (χ1v) is 8.75. The Morgan fingerprint density at radius 3 is 2.62 bits per heavy atom. The number of carbonyl (C=O) groups is 1. The first-order chi connectivity index (χ1) is 13.9. The number of carbonyl (C=O) groups excluding carboxylic acids is 1. The Bertz CT molecular complexity index is 972. The van der Waals surface area contributed by atoms with Gasteiger partial charge in [0.2, 0.25) is 0 Å². The zero-order valence-electron chi connectivity index (χ0n) is 15.5. The van der Waals surface area contributed by atoms with Gasteiger partial charge in [0.25, 0.3) is 5.91 Å². The largest absolute Gasteiger partial charge is 0.416 e. The van der Waals surface area contributed by atoms with Crippen LogP contribution in [0.1, 0.15) is 15.9 Å². The average Bonchev–Trinajstić information content (AvgIpc) is 3.11. The van der Waals surface area contributed by atoms with Crippen molar-refractivity contribution in [3.8, 4) is 0 Å². The number of anilines is 1. The Balaban J connectivity index is 1.59. The molecule has 2 heterocycles. The van der Waals surface area contributed by atoms with Crippen molar-refractivity contribution in [3.05, 3.63) is 47.9 Å². The maximum atomic E-state index is 12.6. The standard InChI is InChI=1S/C18H19F3N6O2/c1-29-9-7-22-15-14-10-26-27(16(14)25-11-24-15)8-6-23-17(28)12-2-4-13(5-3-12)18(19,20)21/h2-5,10-11H,6-9H2,1H3,(H,23,28)(H,22,24,25). The Morgan fingerprint density at radius 1 is 1.17 bits per heavy atom. The number of alkyl halides is 3. The summed E-state index contributed by atoms with van der Waals surface area (Å²) in [7, 11) is 1.61. The predicted molar refractivity (Wildman–Crippen MR) is 99.5 cm³/mol. The normalized spacial score (nSPS) is 11.6. The molecule has 1 aromatic carbocycles. The first-order valence-electron chi connectivity index (χ1n) is 8.75. The van der Waals surface area contributed by atoms with Crippen LogP contribution in [0.15, 0.2) is 36.8 Å². The van der Waals surface area contributed by atoms with Crippen molar-refractivity contribution in [2.45, 2.75) is 12.7 Å². The monoisotopic (exact) mass is 408 g/mol. The number of fused-ring (bicyclic) bond motifs is 1. The molecule has 0 aliphatic heterocycles. The van der Waals surface area contributed by atoms with Crippen LogP contribution in [0.25, 0.3) is 11.0 Å². The molecule has 0 saturated carbocycles. The fraction of sp³-hybridized carbons (Fsp3) is 0.333. The van der Waals surface area contributed by atoms with E-state index < -0.39 is 17.6 Å². The van der Waals surface area contributed by atoms with Gasteiger partial charge in [-0.2, -0.15) is 18.3 Å². The molecule has 0 unspecified atom stereocenters. The van der Waals surface area contributed by atoms with E-state index in [4.69, 9.17) is 4.74 Å². The molecule has 3 rings (SSSR count). The second-order valence-electron chi connectivity index (χ2n) is 6.08. The van der Waals surface area contributed by atoms with Gasteiger partial charge in [-0.15, -0.1) is 0 Å². The van der Waals surface area contributed by atoms with Crippen LogP contribution in [-0.4, -0.2) is 52.5 Å². The number of hydrogen-bond acceptors (Lipinski definition) is 6. The van der Waals surface area contributed by atoms with E-state index in [9.17, 15) is 18.0 Å². The number of nitrogens with one attached hydrogen (secondary N) is 2. The van der Waals surface area contributed by atoms with E-state index in [0.717, 1.165) is 29.7 Å². The van der Waals surface area contributed by atoms with Crippen molar-refractivity contribution in [2.75, 3.05) is 32.1 Å². The topological polar surface area (TPSA) is 94.0 Å². The van der Waals surface area contributed by atoms with Crippen molar-refractivity contribution in [3.63, 3.8) is 0 Å². The van der Waals surface area contributed by atoms with Gasteiger partial charge in [-0.1, -0.05) is 0 Å². The summed E-state index contributed by atoms with van der Waals surface area (Å²) in [5.74, 6) is 0.166. The minimum atomic E-state index is -4.44. The molecule has 1 amide bonds. The SMILES string of the molecule is COCCNc1ncnc2c1cnn2CCNC(=O)c1ccc(C(F)(F)F)cc1. The highest BCUT2D eigenvalue weighted by atomic mass is 19.4. The number of aromatic nitrogens is 4. The second-order valence-corrected chi connectivity index (χ2v) is 6.08. The fourth-order valence-corrected chi connectivity index (χ4v) is 2.66. The second kappa shape index (κ2) is 8.86. The molecule has 29 heavy (non-hydrogen) atoms. The van der Waals surface area contributed by atoms with Crippen molar-refractivity contribution < 1.29 is 22.7 Å². The summed E-state index contributed by atoms with van der Waals surface area (Å²) < 4.78 is 44.4. The van der Waals surface area contributed by atoms with Crippen LogP contribution < -0.4 is 10.6 Å². The third-order valence-corrected chi connectivity index (χ3v) is 4.12. The van der Waals surface area contributed by atoms with Crippen LogP contribution in [-0.2, 0) is 17.5 Å². The molecule has 0 bridgehead atoms. The molecule has 0 aliphatic rings. The smallest absolute Gasteiger partial charge is 0.383 e. The van der Waals surface area contributed by atoms with Crippen LogP contribution in [0.5, 0.6) is 0 Å². The summed E-state index contributed by atoms with van der Waals surface area (Å²) in [6.45, 7) is 1.67. The number of methoxy groups -OCH3 is 1. The van der Waals surface area contributed by atoms with Gasteiger partial charge < -0.3 is 15.4 Å². The van der Waals surface area contributed by atoms with E-state index in [-0.39, 0.29) is 12.1 Å². The van der Waals surface area contributed by atoms with Crippen LogP contribution in [0, 0.1) is 0 Å². The Morgan fingerprint density at radius 2 is 1.93 bits per heavy atom. The maximum Gasteiger partial charge on any atom is 0.416 e. The molecule has 3 aromatic rings. The summed E-state index contributed by atoms with van der Waals surface area (Å²) in [5, 5.41) is 10.8. The fourth-order valence-electron chi connectivity index (χ4n) is 2.66. The summed E-state index contributed by atoms with van der Waals surface area (Å²) in [6.07, 6.45) is -1.39. The molecule has 0 atom stereocenters. The van der Waals surface area contributed by atoms with Crippen molar-refractivity contribution in [2.24, 2.45) is 0 Å². The van der Waals surface area contributed by atoms with Gasteiger partial charge in [0.05, 0.1) is 30.3 Å². The highest BCUT2D eigenvalue weighted by Gasteiger charge is 2.30. The molecule has 0 saturated heterocycles. The molecule has 2 N–H and O–H groups in total. The molecule has 0 spiro atoms. The molecule has 11 heteroatoms. The number of halogens is 3. The minimum Gasteiger partial charge on any atom is -0.383 e. The summed E-state index contributed by atoms with van der Waals surface area (Å²) >= 11 is 0. The predicted octanol–water partition coefficient (Wildman–Crippen LogP) is 2.33. The number of ether oxygens (including phenoxy) is 1. The van der Waals surface area contributed by atoms with Crippen LogP contribution in [0.3, 0.4) is 0 Å². The van der Waals surface area contributed by atoms with Gasteiger partial charge in [0.1, 0.15) is 12.1 Å². The highest BCUT2D eigenvalue weighted by molar-refractivity contribution is 5.94. The van der Waals surface area contributed by atoms with Gasteiger partial charge in [0.15, 0.2) is 5.65 Å². The van der Waals surface area contributed by atoms with E-state index in [1.54, 1.807) is 18.0 Å².